The van der Waals surface area contributed by atoms with Crippen LogP contribution in [0.25, 0.3) is 0 Å². The Bertz CT molecular complexity index is 621. The SMILES string of the molecule is CC(Nc1ccccc1S(C)(=O)=O)c1cn[nH]c1. The number of para-hydroxylation sites is 1. The zero-order chi connectivity index (χ0) is 13.2. The molecule has 1 atom stereocenters. The van der Waals surface area contributed by atoms with Gasteiger partial charge in [-0.25, -0.2) is 8.42 Å². The third-order valence-electron chi connectivity index (χ3n) is 2.68. The summed E-state index contributed by atoms with van der Waals surface area (Å²) in [5.74, 6) is 0. The van der Waals surface area contributed by atoms with Crippen molar-refractivity contribution in [3.63, 3.8) is 0 Å². The summed E-state index contributed by atoms with van der Waals surface area (Å²) in [5.41, 5.74) is 1.58. The van der Waals surface area contributed by atoms with E-state index in [1.54, 1.807) is 36.7 Å². The van der Waals surface area contributed by atoms with Gasteiger partial charge in [-0.15, -0.1) is 0 Å². The summed E-state index contributed by atoms with van der Waals surface area (Å²) >= 11 is 0. The molecule has 0 aliphatic carbocycles. The van der Waals surface area contributed by atoms with Crippen molar-refractivity contribution in [2.75, 3.05) is 11.6 Å². The lowest BCUT2D eigenvalue weighted by Crippen LogP contribution is -2.09. The van der Waals surface area contributed by atoms with Crippen molar-refractivity contribution < 1.29 is 8.42 Å². The maximum absolute atomic E-state index is 11.7. The number of H-pyrrole nitrogens is 1. The molecule has 2 aromatic rings. The molecule has 6 heteroatoms. The molecule has 96 valence electrons. The van der Waals surface area contributed by atoms with Crippen molar-refractivity contribution in [1.82, 2.24) is 10.2 Å². The zero-order valence-electron chi connectivity index (χ0n) is 10.2. The lowest BCUT2D eigenvalue weighted by atomic mass is 10.2. The first-order valence-corrected chi connectivity index (χ1v) is 7.42. The van der Waals surface area contributed by atoms with Gasteiger partial charge in [-0.2, -0.15) is 5.10 Å². The Kier molecular flexibility index (Phi) is 3.38. The average molecular weight is 265 g/mol. The second-order valence-electron chi connectivity index (χ2n) is 4.17. The number of nitrogens with one attached hydrogen (secondary N) is 2. The second-order valence-corrected chi connectivity index (χ2v) is 6.15. The number of aromatic amines is 1. The maximum Gasteiger partial charge on any atom is 0.177 e. The molecule has 5 nitrogen and oxygen atoms in total. The fraction of sp³-hybridized carbons (Fsp3) is 0.250. The average Bonchev–Trinajstić information content (AvgIpc) is 2.81. The Labute approximate surface area is 106 Å². The van der Waals surface area contributed by atoms with Gasteiger partial charge in [0.15, 0.2) is 9.84 Å². The molecule has 1 aromatic carbocycles. The van der Waals surface area contributed by atoms with E-state index in [-0.39, 0.29) is 6.04 Å². The van der Waals surface area contributed by atoms with Gasteiger partial charge in [0.25, 0.3) is 0 Å². The smallest absolute Gasteiger partial charge is 0.177 e. The summed E-state index contributed by atoms with van der Waals surface area (Å²) in [6, 6.07) is 6.85. The van der Waals surface area contributed by atoms with E-state index in [9.17, 15) is 8.42 Å². The summed E-state index contributed by atoms with van der Waals surface area (Å²) in [4.78, 5) is 0.306. The number of benzene rings is 1. The highest BCUT2D eigenvalue weighted by atomic mass is 32.2. The fourth-order valence-electron chi connectivity index (χ4n) is 1.72. The van der Waals surface area contributed by atoms with Gasteiger partial charge in [0.2, 0.25) is 0 Å². The van der Waals surface area contributed by atoms with Crippen molar-refractivity contribution in [2.24, 2.45) is 0 Å². The van der Waals surface area contributed by atoms with Crippen molar-refractivity contribution >= 4 is 15.5 Å². The minimum absolute atomic E-state index is 0.0216. The predicted molar refractivity (Wildman–Crippen MR) is 70.2 cm³/mol. The molecule has 1 heterocycles. The van der Waals surface area contributed by atoms with Gasteiger partial charge >= 0.3 is 0 Å². The van der Waals surface area contributed by atoms with E-state index in [0.717, 1.165) is 5.56 Å². The highest BCUT2D eigenvalue weighted by Gasteiger charge is 2.14. The third kappa shape index (κ3) is 2.70. The number of rotatable bonds is 4. The van der Waals surface area contributed by atoms with Crippen LogP contribution in [0.2, 0.25) is 0 Å². The number of sulfone groups is 1. The summed E-state index contributed by atoms with van der Waals surface area (Å²) in [6.45, 7) is 1.95. The van der Waals surface area contributed by atoms with Crippen LogP contribution in [0.15, 0.2) is 41.6 Å². The lowest BCUT2D eigenvalue weighted by molar-refractivity contribution is 0.602. The van der Waals surface area contributed by atoms with Crippen LogP contribution in [0.3, 0.4) is 0 Å². The van der Waals surface area contributed by atoms with E-state index < -0.39 is 9.84 Å². The van der Waals surface area contributed by atoms with E-state index in [1.807, 2.05) is 6.92 Å². The number of hydrogen-bond donors (Lipinski definition) is 2. The molecule has 0 saturated heterocycles. The number of aromatic nitrogens is 2. The summed E-state index contributed by atoms with van der Waals surface area (Å²) in [7, 11) is -3.23. The van der Waals surface area contributed by atoms with Gasteiger partial charge in [0.1, 0.15) is 0 Å². The second kappa shape index (κ2) is 4.81. The quantitative estimate of drug-likeness (QED) is 0.886. The van der Waals surface area contributed by atoms with Crippen LogP contribution >= 0.6 is 0 Å². The van der Waals surface area contributed by atoms with Crippen molar-refractivity contribution in [3.05, 3.63) is 42.2 Å². The van der Waals surface area contributed by atoms with E-state index in [2.05, 4.69) is 15.5 Å². The number of hydrogen-bond acceptors (Lipinski definition) is 4. The van der Waals surface area contributed by atoms with Crippen LogP contribution in [0.4, 0.5) is 5.69 Å². The minimum atomic E-state index is -3.23. The van der Waals surface area contributed by atoms with Crippen LogP contribution in [0, 0.1) is 0 Å². The van der Waals surface area contributed by atoms with Crippen LogP contribution in [-0.4, -0.2) is 24.9 Å². The van der Waals surface area contributed by atoms with Crippen molar-refractivity contribution in [1.29, 1.82) is 0 Å². The Hall–Kier alpha value is -1.82. The molecule has 0 saturated carbocycles. The molecular weight excluding hydrogens is 250 g/mol. The molecule has 0 amide bonds. The molecule has 0 aliphatic rings. The van der Waals surface area contributed by atoms with E-state index in [0.29, 0.717) is 10.6 Å². The molecule has 0 bridgehead atoms. The molecule has 2 rings (SSSR count). The van der Waals surface area contributed by atoms with Crippen molar-refractivity contribution in [3.8, 4) is 0 Å². The van der Waals surface area contributed by atoms with Crippen LogP contribution in [0.1, 0.15) is 18.5 Å². The first-order chi connectivity index (χ1) is 8.48. The first-order valence-electron chi connectivity index (χ1n) is 5.53. The van der Waals surface area contributed by atoms with Crippen LogP contribution in [0.5, 0.6) is 0 Å². The molecular formula is C12H15N3O2S. The largest absolute Gasteiger partial charge is 0.377 e. The van der Waals surface area contributed by atoms with Crippen LogP contribution < -0.4 is 5.32 Å². The predicted octanol–water partition coefficient (Wildman–Crippen LogP) is 1.99. The van der Waals surface area contributed by atoms with Crippen molar-refractivity contribution in [2.45, 2.75) is 17.9 Å². The minimum Gasteiger partial charge on any atom is -0.377 e. The topological polar surface area (TPSA) is 74.8 Å². The molecule has 1 aromatic heterocycles. The van der Waals surface area contributed by atoms with Gasteiger partial charge in [-0.3, -0.25) is 5.10 Å². The summed E-state index contributed by atoms with van der Waals surface area (Å²) in [5, 5.41) is 9.79. The van der Waals surface area contributed by atoms with E-state index in [1.165, 1.54) is 6.26 Å². The van der Waals surface area contributed by atoms with Crippen LogP contribution in [-0.2, 0) is 9.84 Å². The number of nitrogens with zero attached hydrogens (tertiary/aromatic N) is 1. The third-order valence-corrected chi connectivity index (χ3v) is 3.83. The monoisotopic (exact) mass is 265 g/mol. The lowest BCUT2D eigenvalue weighted by Gasteiger charge is -2.16. The molecule has 0 aliphatic heterocycles. The zero-order valence-corrected chi connectivity index (χ0v) is 11.0. The Balaban J connectivity index is 2.30. The van der Waals surface area contributed by atoms with Gasteiger partial charge in [0, 0.05) is 18.0 Å². The van der Waals surface area contributed by atoms with Gasteiger partial charge < -0.3 is 5.32 Å². The molecule has 1 unspecified atom stereocenters. The summed E-state index contributed by atoms with van der Waals surface area (Å²) < 4.78 is 23.3. The molecule has 0 radical (unpaired) electrons. The standard InChI is InChI=1S/C12H15N3O2S/c1-9(10-7-13-14-8-10)15-11-5-3-4-6-12(11)18(2,16)17/h3-9,15H,1-2H3,(H,13,14). The van der Waals surface area contributed by atoms with Gasteiger partial charge in [-0.05, 0) is 19.1 Å². The van der Waals surface area contributed by atoms with E-state index >= 15 is 0 Å². The molecule has 18 heavy (non-hydrogen) atoms. The summed E-state index contributed by atoms with van der Waals surface area (Å²) in [6.07, 6.45) is 4.69. The molecule has 0 fully saturated rings. The Morgan fingerprint density at radius 1 is 1.33 bits per heavy atom. The maximum atomic E-state index is 11.7. The van der Waals surface area contributed by atoms with Gasteiger partial charge in [0.05, 0.1) is 22.8 Å². The molecule has 0 spiro atoms. The highest BCUT2D eigenvalue weighted by Crippen LogP contribution is 2.25. The van der Waals surface area contributed by atoms with Gasteiger partial charge in [-0.1, -0.05) is 12.1 Å². The first kappa shape index (κ1) is 12.6. The fourth-order valence-corrected chi connectivity index (χ4v) is 2.58. The molecule has 2 N–H and O–H groups in total. The van der Waals surface area contributed by atoms with E-state index in [4.69, 9.17) is 0 Å². The number of anilines is 1. The normalized spacial score (nSPS) is 13.2. The Morgan fingerprint density at radius 3 is 2.67 bits per heavy atom. The highest BCUT2D eigenvalue weighted by molar-refractivity contribution is 7.90. The Morgan fingerprint density at radius 2 is 2.06 bits per heavy atom.